The van der Waals surface area contributed by atoms with Crippen LogP contribution >= 0.6 is 0 Å². The second kappa shape index (κ2) is 6.61. The van der Waals surface area contributed by atoms with Gasteiger partial charge in [0.2, 0.25) is 21.8 Å². The van der Waals surface area contributed by atoms with Crippen LogP contribution in [0.4, 0.5) is 5.82 Å². The molecule has 2 amide bonds. The first-order valence-corrected chi connectivity index (χ1v) is 10.7. The minimum Gasteiger partial charge on any atom is -0.340 e. The summed E-state index contributed by atoms with van der Waals surface area (Å²) in [5.41, 5.74) is 0.840. The van der Waals surface area contributed by atoms with Crippen LogP contribution in [0.1, 0.15) is 6.42 Å². The van der Waals surface area contributed by atoms with E-state index in [1.807, 2.05) is 24.3 Å². The van der Waals surface area contributed by atoms with Crippen LogP contribution < -0.4 is 4.90 Å². The van der Waals surface area contributed by atoms with Gasteiger partial charge in [-0.15, -0.1) is 0 Å². The van der Waals surface area contributed by atoms with E-state index in [-0.39, 0.29) is 18.2 Å². The maximum absolute atomic E-state index is 12.8. The minimum absolute atomic E-state index is 0.0983. The van der Waals surface area contributed by atoms with Gasteiger partial charge in [-0.1, -0.05) is 12.1 Å². The highest BCUT2D eigenvalue weighted by molar-refractivity contribution is 7.88. The van der Waals surface area contributed by atoms with E-state index in [4.69, 9.17) is 0 Å². The van der Waals surface area contributed by atoms with Crippen LogP contribution in [0.5, 0.6) is 0 Å². The van der Waals surface area contributed by atoms with E-state index >= 15 is 0 Å². The van der Waals surface area contributed by atoms with Crippen LogP contribution in [-0.4, -0.2) is 78.6 Å². The standard InChI is InChI=1S/C17H21N5O4S/c1-27(25,26)21-8-6-20(7-9-21)17(24)12-10-15(23)22(11-12)16-13-4-2-3-5-14(13)18-19-16/h2-5,12H,6-11H2,1H3,(H,18,19)/t12-/m0/s1. The average molecular weight is 391 g/mol. The molecule has 1 aromatic carbocycles. The maximum atomic E-state index is 12.8. The Morgan fingerprint density at radius 3 is 2.59 bits per heavy atom. The molecule has 9 nitrogen and oxygen atoms in total. The molecule has 10 heteroatoms. The Kier molecular flexibility index (Phi) is 4.39. The zero-order valence-corrected chi connectivity index (χ0v) is 15.8. The number of H-pyrrole nitrogens is 1. The lowest BCUT2D eigenvalue weighted by molar-refractivity contribution is -0.136. The number of carbonyl (C=O) groups is 2. The number of nitrogens with one attached hydrogen (secondary N) is 1. The predicted octanol–water partition coefficient (Wildman–Crippen LogP) is 0.0196. The van der Waals surface area contributed by atoms with Gasteiger partial charge in [0.1, 0.15) is 0 Å². The van der Waals surface area contributed by atoms with E-state index in [1.54, 1.807) is 9.80 Å². The Morgan fingerprint density at radius 1 is 1.19 bits per heavy atom. The largest absolute Gasteiger partial charge is 0.340 e. The van der Waals surface area contributed by atoms with Crippen LogP contribution in [0.15, 0.2) is 24.3 Å². The zero-order valence-electron chi connectivity index (χ0n) is 15.0. The van der Waals surface area contributed by atoms with Gasteiger partial charge in [-0.3, -0.25) is 19.6 Å². The van der Waals surface area contributed by atoms with Crippen molar-refractivity contribution < 1.29 is 18.0 Å². The number of carbonyl (C=O) groups excluding carboxylic acids is 2. The molecule has 0 unspecified atom stereocenters. The van der Waals surface area contributed by atoms with Gasteiger partial charge >= 0.3 is 0 Å². The number of piperazine rings is 1. The van der Waals surface area contributed by atoms with Gasteiger partial charge in [0.05, 0.1) is 17.7 Å². The second-order valence-corrected chi connectivity index (χ2v) is 8.97. The Labute approximate surface area is 157 Å². The van der Waals surface area contributed by atoms with Gasteiger partial charge < -0.3 is 4.90 Å². The van der Waals surface area contributed by atoms with Crippen molar-refractivity contribution in [3.63, 3.8) is 0 Å². The van der Waals surface area contributed by atoms with Crippen molar-refractivity contribution in [2.24, 2.45) is 5.92 Å². The van der Waals surface area contributed by atoms with Crippen LogP contribution in [0, 0.1) is 5.92 Å². The molecule has 0 aliphatic carbocycles. The molecule has 4 rings (SSSR count). The number of hydrogen-bond acceptors (Lipinski definition) is 5. The third-order valence-corrected chi connectivity index (χ3v) is 6.50. The molecule has 2 aliphatic rings. The fourth-order valence-corrected chi connectivity index (χ4v) is 4.56. The zero-order chi connectivity index (χ0) is 19.2. The summed E-state index contributed by atoms with van der Waals surface area (Å²) >= 11 is 0. The van der Waals surface area contributed by atoms with Crippen LogP contribution in [0.25, 0.3) is 10.9 Å². The Morgan fingerprint density at radius 2 is 1.89 bits per heavy atom. The summed E-state index contributed by atoms with van der Waals surface area (Å²) in [5, 5.41) is 8.01. The first-order chi connectivity index (χ1) is 12.8. The fourth-order valence-electron chi connectivity index (χ4n) is 3.73. The van der Waals surface area contributed by atoms with E-state index < -0.39 is 15.9 Å². The summed E-state index contributed by atoms with van der Waals surface area (Å²) in [4.78, 5) is 28.6. The molecule has 2 fully saturated rings. The molecule has 2 saturated heterocycles. The van der Waals surface area contributed by atoms with Crippen LogP contribution in [0.3, 0.4) is 0 Å². The maximum Gasteiger partial charge on any atom is 0.229 e. The summed E-state index contributed by atoms with van der Waals surface area (Å²) < 4.78 is 24.6. The number of amides is 2. The first-order valence-electron chi connectivity index (χ1n) is 8.82. The monoisotopic (exact) mass is 391 g/mol. The van der Waals surface area contributed by atoms with Crippen molar-refractivity contribution in [1.82, 2.24) is 19.4 Å². The van der Waals surface area contributed by atoms with Crippen molar-refractivity contribution >= 4 is 38.6 Å². The number of fused-ring (bicyclic) bond motifs is 1. The number of sulfonamides is 1. The first kappa shape index (κ1) is 17.9. The Bertz CT molecular complexity index is 994. The van der Waals surface area contributed by atoms with Gasteiger partial charge in [-0.05, 0) is 12.1 Å². The van der Waals surface area contributed by atoms with E-state index in [2.05, 4.69) is 10.2 Å². The SMILES string of the molecule is CS(=O)(=O)N1CCN(C(=O)[C@H]2CC(=O)N(c3n[nH]c4ccccc34)C2)CC1. The lowest BCUT2D eigenvalue weighted by atomic mass is 10.1. The highest BCUT2D eigenvalue weighted by atomic mass is 32.2. The molecule has 2 aromatic rings. The van der Waals surface area contributed by atoms with Crippen LogP contribution in [-0.2, 0) is 19.6 Å². The number of para-hydroxylation sites is 1. The molecule has 0 saturated carbocycles. The summed E-state index contributed by atoms with van der Waals surface area (Å²) in [6, 6.07) is 7.54. The van der Waals surface area contributed by atoms with Gasteiger partial charge in [0, 0.05) is 44.5 Å². The number of anilines is 1. The van der Waals surface area contributed by atoms with Crippen molar-refractivity contribution in [3.8, 4) is 0 Å². The average Bonchev–Trinajstić information content (AvgIpc) is 3.24. The van der Waals surface area contributed by atoms with Crippen molar-refractivity contribution in [2.75, 3.05) is 43.9 Å². The number of aromatic nitrogens is 2. The van der Waals surface area contributed by atoms with E-state index in [0.717, 1.165) is 10.9 Å². The molecular weight excluding hydrogens is 370 g/mol. The van der Waals surface area contributed by atoms with Gasteiger partial charge in [0.15, 0.2) is 5.82 Å². The number of rotatable bonds is 3. The minimum atomic E-state index is -3.24. The second-order valence-electron chi connectivity index (χ2n) is 6.99. The molecule has 144 valence electrons. The van der Waals surface area contributed by atoms with E-state index in [1.165, 1.54) is 10.6 Å². The van der Waals surface area contributed by atoms with Crippen LogP contribution in [0.2, 0.25) is 0 Å². The molecule has 3 heterocycles. The van der Waals surface area contributed by atoms with E-state index in [9.17, 15) is 18.0 Å². The molecule has 1 aromatic heterocycles. The molecule has 1 N–H and O–H groups in total. The van der Waals surface area contributed by atoms with Gasteiger partial charge in [0.25, 0.3) is 0 Å². The Hall–Kier alpha value is -2.46. The Balaban J connectivity index is 1.46. The predicted molar refractivity (Wildman–Crippen MR) is 99.6 cm³/mol. The highest BCUT2D eigenvalue weighted by Gasteiger charge is 2.39. The highest BCUT2D eigenvalue weighted by Crippen LogP contribution is 2.30. The topological polar surface area (TPSA) is 107 Å². The number of benzene rings is 1. The quantitative estimate of drug-likeness (QED) is 0.794. The lowest BCUT2D eigenvalue weighted by Crippen LogP contribution is -2.51. The molecule has 1 atom stereocenters. The summed E-state index contributed by atoms with van der Waals surface area (Å²) in [7, 11) is -3.24. The van der Waals surface area contributed by atoms with Gasteiger partial charge in [-0.25, -0.2) is 8.42 Å². The van der Waals surface area contributed by atoms with Crippen molar-refractivity contribution in [2.45, 2.75) is 6.42 Å². The third-order valence-electron chi connectivity index (χ3n) is 5.20. The number of hydrogen-bond donors (Lipinski definition) is 1. The normalized spacial score (nSPS) is 22.0. The van der Waals surface area contributed by atoms with E-state index in [0.29, 0.717) is 38.5 Å². The lowest BCUT2D eigenvalue weighted by Gasteiger charge is -2.34. The molecule has 27 heavy (non-hydrogen) atoms. The third kappa shape index (κ3) is 3.30. The van der Waals surface area contributed by atoms with Crippen molar-refractivity contribution in [1.29, 1.82) is 0 Å². The van der Waals surface area contributed by atoms with Gasteiger partial charge in [-0.2, -0.15) is 9.40 Å². The molecule has 0 radical (unpaired) electrons. The molecule has 0 spiro atoms. The smallest absolute Gasteiger partial charge is 0.229 e. The number of nitrogens with zero attached hydrogens (tertiary/aromatic N) is 4. The molecular formula is C17H21N5O4S. The summed E-state index contributed by atoms with van der Waals surface area (Å²) in [6.07, 6.45) is 1.32. The van der Waals surface area contributed by atoms with Crippen molar-refractivity contribution in [3.05, 3.63) is 24.3 Å². The fraction of sp³-hybridized carbons (Fsp3) is 0.471. The number of aromatic amines is 1. The molecule has 2 aliphatic heterocycles. The molecule has 0 bridgehead atoms. The summed E-state index contributed by atoms with van der Waals surface area (Å²) in [6.45, 7) is 1.57. The summed E-state index contributed by atoms with van der Waals surface area (Å²) in [5.74, 6) is -0.107.